The van der Waals surface area contributed by atoms with Crippen molar-refractivity contribution in [3.05, 3.63) is 59.7 Å². The van der Waals surface area contributed by atoms with Crippen molar-refractivity contribution in [2.45, 2.75) is 57.5 Å². The number of carboxylic acids is 1. The highest BCUT2D eigenvalue weighted by Gasteiger charge is 2.37. The quantitative estimate of drug-likeness (QED) is 0.540. The molecule has 0 aliphatic heterocycles. The van der Waals surface area contributed by atoms with Gasteiger partial charge in [-0.05, 0) is 41.0 Å². The molecule has 34 heavy (non-hydrogen) atoms. The summed E-state index contributed by atoms with van der Waals surface area (Å²) in [5.41, 5.74) is 4.60. The Morgan fingerprint density at radius 3 is 2.24 bits per heavy atom. The maximum atomic E-state index is 12.8. The van der Waals surface area contributed by atoms with Crippen LogP contribution < -0.4 is 10.6 Å². The lowest BCUT2D eigenvalue weighted by Crippen LogP contribution is -2.50. The highest BCUT2D eigenvalue weighted by molar-refractivity contribution is 5.86. The standard InChI is InChI=1S/C27H32N2O5/c1-3-16(2)24(26(31)32)29-25(30)21-13-8-14-23(21)28-27(33)34-15-22-19-11-6-4-9-17(19)18-10-5-7-12-20(18)22/h4-7,9-12,16,21-24H,3,8,13-15H2,1-2H3,(H,28,33)(H,29,30)(H,31,32)/t16-,21+,23-,24-/m0/s1. The Bertz CT molecular complexity index is 1020. The van der Waals surface area contributed by atoms with Gasteiger partial charge < -0.3 is 20.5 Å². The molecule has 0 aromatic heterocycles. The summed E-state index contributed by atoms with van der Waals surface area (Å²) in [6.45, 7) is 3.91. The lowest BCUT2D eigenvalue weighted by molar-refractivity contribution is -0.144. The van der Waals surface area contributed by atoms with Gasteiger partial charge in [-0.3, -0.25) is 4.79 Å². The van der Waals surface area contributed by atoms with Crippen molar-refractivity contribution in [3.63, 3.8) is 0 Å². The van der Waals surface area contributed by atoms with Crippen LogP contribution in [0.3, 0.4) is 0 Å². The molecule has 4 rings (SSSR count). The van der Waals surface area contributed by atoms with E-state index in [0.29, 0.717) is 19.3 Å². The number of hydrogen-bond donors (Lipinski definition) is 3. The first-order chi connectivity index (χ1) is 16.4. The Labute approximate surface area is 199 Å². The zero-order chi connectivity index (χ0) is 24.2. The van der Waals surface area contributed by atoms with E-state index in [0.717, 1.165) is 28.7 Å². The van der Waals surface area contributed by atoms with Crippen molar-refractivity contribution in [3.8, 4) is 11.1 Å². The molecule has 4 atom stereocenters. The van der Waals surface area contributed by atoms with Crippen molar-refractivity contribution >= 4 is 18.0 Å². The Morgan fingerprint density at radius 1 is 1.03 bits per heavy atom. The maximum absolute atomic E-state index is 12.8. The number of carboxylic acid groups (broad SMARTS) is 1. The summed E-state index contributed by atoms with van der Waals surface area (Å²) in [7, 11) is 0. The predicted molar refractivity (Wildman–Crippen MR) is 128 cm³/mol. The fourth-order valence-corrected chi connectivity index (χ4v) is 5.18. The van der Waals surface area contributed by atoms with Gasteiger partial charge in [0.1, 0.15) is 12.6 Å². The number of amides is 2. The van der Waals surface area contributed by atoms with Gasteiger partial charge in [-0.25, -0.2) is 9.59 Å². The lowest BCUT2D eigenvalue weighted by Gasteiger charge is -2.25. The fourth-order valence-electron chi connectivity index (χ4n) is 5.18. The van der Waals surface area contributed by atoms with Crippen LogP contribution in [-0.4, -0.2) is 41.8 Å². The van der Waals surface area contributed by atoms with E-state index in [1.54, 1.807) is 6.92 Å². The Morgan fingerprint density at radius 2 is 1.65 bits per heavy atom. The second-order valence-corrected chi connectivity index (χ2v) is 9.32. The third kappa shape index (κ3) is 4.79. The van der Waals surface area contributed by atoms with Gasteiger partial charge in [0.15, 0.2) is 0 Å². The second kappa shape index (κ2) is 10.3. The topological polar surface area (TPSA) is 105 Å². The van der Waals surface area contributed by atoms with E-state index in [1.165, 1.54) is 0 Å². The largest absolute Gasteiger partial charge is 0.480 e. The number of rotatable bonds is 8. The number of carbonyl (C=O) groups is 3. The smallest absolute Gasteiger partial charge is 0.407 e. The van der Waals surface area contributed by atoms with E-state index in [2.05, 4.69) is 34.9 Å². The molecule has 0 bridgehead atoms. The molecule has 0 radical (unpaired) electrons. The normalized spacial score (nSPS) is 20.6. The van der Waals surface area contributed by atoms with Crippen LogP contribution in [0.2, 0.25) is 0 Å². The summed E-state index contributed by atoms with van der Waals surface area (Å²) in [4.78, 5) is 37.1. The SMILES string of the molecule is CC[C@H](C)[C@H](NC(=O)[C@@H]1CCC[C@@H]1NC(=O)OCC1c2ccccc2-c2ccccc21)C(=O)O. The zero-order valence-electron chi connectivity index (χ0n) is 19.6. The van der Waals surface area contributed by atoms with Gasteiger partial charge in [0.05, 0.1) is 5.92 Å². The van der Waals surface area contributed by atoms with Gasteiger partial charge in [0, 0.05) is 12.0 Å². The molecule has 0 heterocycles. The summed E-state index contributed by atoms with van der Waals surface area (Å²) in [5, 5.41) is 15.0. The first kappa shape index (κ1) is 23.8. The van der Waals surface area contributed by atoms with Gasteiger partial charge in [-0.1, -0.05) is 75.2 Å². The van der Waals surface area contributed by atoms with Crippen LogP contribution in [0.25, 0.3) is 11.1 Å². The summed E-state index contributed by atoms with van der Waals surface area (Å²) >= 11 is 0. The first-order valence-corrected chi connectivity index (χ1v) is 12.0. The van der Waals surface area contributed by atoms with Gasteiger partial charge >= 0.3 is 12.1 Å². The number of nitrogens with one attached hydrogen (secondary N) is 2. The average molecular weight is 465 g/mol. The molecule has 2 aromatic rings. The summed E-state index contributed by atoms with van der Waals surface area (Å²) < 4.78 is 5.63. The number of alkyl carbamates (subject to hydrolysis) is 1. The highest BCUT2D eigenvalue weighted by Crippen LogP contribution is 2.44. The first-order valence-electron chi connectivity index (χ1n) is 12.0. The molecule has 1 fully saturated rings. The van der Waals surface area contributed by atoms with E-state index < -0.39 is 24.0 Å². The monoisotopic (exact) mass is 464 g/mol. The highest BCUT2D eigenvalue weighted by atomic mass is 16.5. The molecule has 0 unspecified atom stereocenters. The molecule has 2 aromatic carbocycles. The van der Waals surface area contributed by atoms with Crippen molar-refractivity contribution in [2.24, 2.45) is 11.8 Å². The molecule has 0 spiro atoms. The molecule has 2 aliphatic carbocycles. The lowest BCUT2D eigenvalue weighted by atomic mass is 9.96. The molecular weight excluding hydrogens is 432 g/mol. The average Bonchev–Trinajstić information content (AvgIpc) is 3.43. The van der Waals surface area contributed by atoms with Crippen molar-refractivity contribution in [1.29, 1.82) is 0 Å². The van der Waals surface area contributed by atoms with Gasteiger partial charge in [0.2, 0.25) is 5.91 Å². The fraction of sp³-hybridized carbons (Fsp3) is 0.444. The summed E-state index contributed by atoms with van der Waals surface area (Å²) in [6, 6.07) is 15.0. The summed E-state index contributed by atoms with van der Waals surface area (Å²) in [6.07, 6.45) is 2.14. The van der Waals surface area contributed by atoms with Crippen LogP contribution in [0, 0.1) is 11.8 Å². The second-order valence-electron chi connectivity index (χ2n) is 9.32. The van der Waals surface area contributed by atoms with Crippen LogP contribution in [0.5, 0.6) is 0 Å². The van der Waals surface area contributed by atoms with Crippen molar-refractivity contribution < 1.29 is 24.2 Å². The van der Waals surface area contributed by atoms with Crippen molar-refractivity contribution in [2.75, 3.05) is 6.61 Å². The Kier molecular flexibility index (Phi) is 7.20. The third-order valence-corrected chi connectivity index (χ3v) is 7.28. The van der Waals surface area contributed by atoms with Crippen molar-refractivity contribution in [1.82, 2.24) is 10.6 Å². The summed E-state index contributed by atoms with van der Waals surface area (Å²) in [5.74, 6) is -2.05. The maximum Gasteiger partial charge on any atom is 0.407 e. The Hall–Kier alpha value is -3.35. The van der Waals surface area contributed by atoms with E-state index in [4.69, 9.17) is 4.74 Å². The molecule has 7 heteroatoms. The van der Waals surface area contributed by atoms with E-state index >= 15 is 0 Å². The van der Waals surface area contributed by atoms with Gasteiger partial charge in [0.25, 0.3) is 0 Å². The minimum Gasteiger partial charge on any atom is -0.480 e. The molecule has 2 aliphatic rings. The zero-order valence-corrected chi connectivity index (χ0v) is 19.6. The van der Waals surface area contributed by atoms with Crippen LogP contribution >= 0.6 is 0 Å². The van der Waals surface area contributed by atoms with Crippen LogP contribution in [-0.2, 0) is 14.3 Å². The number of ether oxygens (including phenoxy) is 1. The molecule has 180 valence electrons. The molecule has 0 saturated heterocycles. The molecule has 3 N–H and O–H groups in total. The van der Waals surface area contributed by atoms with E-state index in [-0.39, 0.29) is 30.4 Å². The molecular formula is C27H32N2O5. The number of carbonyl (C=O) groups excluding carboxylic acids is 2. The van der Waals surface area contributed by atoms with Gasteiger partial charge in [-0.2, -0.15) is 0 Å². The number of benzene rings is 2. The van der Waals surface area contributed by atoms with E-state index in [1.807, 2.05) is 31.2 Å². The van der Waals surface area contributed by atoms with E-state index in [9.17, 15) is 19.5 Å². The Balaban J connectivity index is 1.37. The molecule has 7 nitrogen and oxygen atoms in total. The van der Waals surface area contributed by atoms with Crippen LogP contribution in [0.1, 0.15) is 56.6 Å². The predicted octanol–water partition coefficient (Wildman–Crippen LogP) is 4.31. The number of hydrogen-bond acceptors (Lipinski definition) is 4. The number of fused-ring (bicyclic) bond motifs is 3. The van der Waals surface area contributed by atoms with Crippen LogP contribution in [0.4, 0.5) is 4.79 Å². The number of aliphatic carboxylic acids is 1. The molecule has 2 amide bonds. The third-order valence-electron chi connectivity index (χ3n) is 7.28. The minimum atomic E-state index is -1.04. The molecule has 1 saturated carbocycles. The van der Waals surface area contributed by atoms with Gasteiger partial charge in [-0.15, -0.1) is 0 Å². The van der Waals surface area contributed by atoms with Crippen LogP contribution in [0.15, 0.2) is 48.5 Å². The minimum absolute atomic E-state index is 0.0346.